The van der Waals surface area contributed by atoms with Crippen LogP contribution in [0.3, 0.4) is 0 Å². The average molecular weight is 101 g/mol. The molecule has 0 amide bonds. The monoisotopic (exact) mass is 101 g/mol. The van der Waals surface area contributed by atoms with Gasteiger partial charge in [0.2, 0.25) is 0 Å². The molecule has 0 aliphatic heterocycles. The van der Waals surface area contributed by atoms with Gasteiger partial charge < -0.3 is 0 Å². The molecular weight excluding hydrogens is 88.1 g/mol. The van der Waals surface area contributed by atoms with Gasteiger partial charge in [-0.15, -0.1) is 0 Å². The first-order chi connectivity index (χ1) is 2.91. The molecule has 0 aliphatic carbocycles. The Kier molecular flexibility index (Phi) is 5.41. The zero-order valence-electron chi connectivity index (χ0n) is 4.54. The van der Waals surface area contributed by atoms with Crippen LogP contribution in [0.5, 0.6) is 0 Å². The second-order valence-electron chi connectivity index (χ2n) is 1.56. The highest BCUT2D eigenvalue weighted by atomic mass is 28.1. The molecule has 0 saturated heterocycles. The van der Waals surface area contributed by atoms with Crippen LogP contribution in [0.25, 0.3) is 0 Å². The molecule has 0 bridgehead atoms. The minimum Gasteiger partial charge on any atom is -0.0658 e. The fourth-order valence-corrected chi connectivity index (χ4v) is 0.927. The Labute approximate surface area is 43.4 Å². The van der Waals surface area contributed by atoms with Crippen LogP contribution in [-0.2, 0) is 0 Å². The van der Waals surface area contributed by atoms with Gasteiger partial charge in [0, 0.05) is 10.2 Å². The van der Waals surface area contributed by atoms with Gasteiger partial charge in [-0.25, -0.2) is 0 Å². The minimum absolute atomic E-state index is 1.13. The molecule has 0 N–H and O–H groups in total. The second kappa shape index (κ2) is 5.22. The average Bonchev–Trinajstić information content (AvgIpc) is 1.61. The maximum atomic E-state index is 3.74. The van der Waals surface area contributed by atoms with Crippen molar-refractivity contribution in [1.82, 2.24) is 0 Å². The second-order valence-corrected chi connectivity index (χ2v) is 2.56. The van der Waals surface area contributed by atoms with Crippen LogP contribution in [0.1, 0.15) is 19.3 Å². The van der Waals surface area contributed by atoms with Crippen molar-refractivity contribution < 1.29 is 0 Å². The molecule has 0 saturated carbocycles. The predicted molar refractivity (Wildman–Crippen MR) is 34.0 cm³/mol. The number of rotatable bonds is 3. The zero-order chi connectivity index (χ0) is 4.83. The Morgan fingerprint density at radius 2 is 2.00 bits per heavy atom. The first-order valence-electron chi connectivity index (χ1n) is 2.71. The first kappa shape index (κ1) is 6.22. The summed E-state index contributed by atoms with van der Waals surface area (Å²) in [6.45, 7) is 3.74. The molecular formula is C5H13Si. The van der Waals surface area contributed by atoms with E-state index in [1.807, 2.05) is 0 Å². The van der Waals surface area contributed by atoms with Crippen molar-refractivity contribution in [2.45, 2.75) is 25.3 Å². The van der Waals surface area contributed by atoms with E-state index in [1.54, 1.807) is 0 Å². The molecule has 0 aromatic heterocycles. The van der Waals surface area contributed by atoms with E-state index in [4.69, 9.17) is 0 Å². The normalized spacial score (nSPS) is 9.50. The van der Waals surface area contributed by atoms with Crippen LogP contribution in [0, 0.1) is 6.92 Å². The Morgan fingerprint density at radius 3 is 2.17 bits per heavy atom. The molecule has 6 heavy (non-hydrogen) atoms. The standard InChI is InChI=1S/C5H13Si/c1-2-3-4-5-6/h1-5H2,6H3. The molecule has 0 aromatic rings. The highest BCUT2D eigenvalue weighted by molar-refractivity contribution is 6.08. The van der Waals surface area contributed by atoms with E-state index in [2.05, 4.69) is 6.92 Å². The highest BCUT2D eigenvalue weighted by Crippen LogP contribution is 1.94. The molecule has 0 aromatic carbocycles. The first-order valence-corrected chi connectivity index (χ1v) is 4.12. The molecule has 0 nitrogen and oxygen atoms in total. The quantitative estimate of drug-likeness (QED) is 0.364. The fraction of sp³-hybridized carbons (Fsp3) is 0.800. The van der Waals surface area contributed by atoms with E-state index in [-0.39, 0.29) is 0 Å². The van der Waals surface area contributed by atoms with Gasteiger partial charge in [0.1, 0.15) is 0 Å². The molecule has 0 atom stereocenters. The summed E-state index contributed by atoms with van der Waals surface area (Å²) in [5, 5.41) is 0. The Hall–Kier alpha value is 0.217. The summed E-state index contributed by atoms with van der Waals surface area (Å²) in [5.41, 5.74) is 0. The van der Waals surface area contributed by atoms with Crippen molar-refractivity contribution in [3.63, 3.8) is 0 Å². The molecule has 0 rings (SSSR count). The van der Waals surface area contributed by atoms with Gasteiger partial charge in [-0.3, -0.25) is 0 Å². The van der Waals surface area contributed by atoms with Crippen LogP contribution >= 0.6 is 0 Å². The van der Waals surface area contributed by atoms with E-state index >= 15 is 0 Å². The van der Waals surface area contributed by atoms with E-state index < -0.39 is 0 Å². The summed E-state index contributed by atoms with van der Waals surface area (Å²) < 4.78 is 0. The molecule has 0 unspecified atom stereocenters. The van der Waals surface area contributed by atoms with Crippen LogP contribution in [0.15, 0.2) is 0 Å². The van der Waals surface area contributed by atoms with Crippen LogP contribution in [-0.4, -0.2) is 10.2 Å². The molecule has 0 heterocycles. The van der Waals surface area contributed by atoms with Gasteiger partial charge in [0.15, 0.2) is 0 Å². The molecule has 37 valence electrons. The van der Waals surface area contributed by atoms with Gasteiger partial charge >= 0.3 is 0 Å². The lowest BCUT2D eigenvalue weighted by atomic mass is 10.3. The molecule has 0 aliphatic rings. The van der Waals surface area contributed by atoms with Crippen molar-refractivity contribution in [1.29, 1.82) is 0 Å². The van der Waals surface area contributed by atoms with Crippen LogP contribution in [0.2, 0.25) is 6.04 Å². The lowest BCUT2D eigenvalue weighted by Gasteiger charge is -1.85. The Bertz CT molecular complexity index is 15.9. The van der Waals surface area contributed by atoms with Crippen molar-refractivity contribution in [2.75, 3.05) is 0 Å². The summed E-state index contributed by atoms with van der Waals surface area (Å²) in [4.78, 5) is 0. The van der Waals surface area contributed by atoms with E-state index in [1.165, 1.54) is 29.1 Å². The van der Waals surface area contributed by atoms with E-state index in [0.717, 1.165) is 6.42 Å². The third kappa shape index (κ3) is 4.22. The third-order valence-electron chi connectivity index (χ3n) is 0.854. The van der Waals surface area contributed by atoms with E-state index in [0.29, 0.717) is 0 Å². The Morgan fingerprint density at radius 1 is 1.33 bits per heavy atom. The fourth-order valence-electron chi connectivity index (χ4n) is 0.427. The maximum Gasteiger partial charge on any atom is 0.00279 e. The predicted octanol–water partition coefficient (Wildman–Crippen LogP) is 0.774. The maximum absolute atomic E-state index is 3.74. The molecule has 1 radical (unpaired) electrons. The summed E-state index contributed by atoms with van der Waals surface area (Å²) in [6, 6.07) is 1.45. The number of unbranched alkanes of at least 4 members (excludes halogenated alkanes) is 2. The van der Waals surface area contributed by atoms with Crippen molar-refractivity contribution >= 4 is 10.2 Å². The minimum atomic E-state index is 1.13. The SMILES string of the molecule is [CH2]CCCC[SiH3]. The van der Waals surface area contributed by atoms with Crippen LogP contribution in [0.4, 0.5) is 0 Å². The smallest absolute Gasteiger partial charge is 0.00279 e. The summed E-state index contributed by atoms with van der Waals surface area (Å²) >= 11 is 0. The largest absolute Gasteiger partial charge is 0.0658 e. The summed E-state index contributed by atoms with van der Waals surface area (Å²) in [5.74, 6) is 0. The zero-order valence-corrected chi connectivity index (χ0v) is 6.54. The lowest BCUT2D eigenvalue weighted by Crippen LogP contribution is -1.69. The molecule has 0 spiro atoms. The van der Waals surface area contributed by atoms with Crippen molar-refractivity contribution in [2.24, 2.45) is 0 Å². The molecule has 1 heteroatoms. The topological polar surface area (TPSA) is 0 Å². The van der Waals surface area contributed by atoms with E-state index in [9.17, 15) is 0 Å². The Balaban J connectivity index is 2.34. The van der Waals surface area contributed by atoms with Gasteiger partial charge in [0.25, 0.3) is 0 Å². The number of hydrogen-bond donors (Lipinski definition) is 0. The third-order valence-corrected chi connectivity index (χ3v) is 1.56. The van der Waals surface area contributed by atoms with Crippen molar-refractivity contribution in [3.05, 3.63) is 6.92 Å². The van der Waals surface area contributed by atoms with Gasteiger partial charge in [0.05, 0.1) is 0 Å². The van der Waals surface area contributed by atoms with Gasteiger partial charge in [-0.2, -0.15) is 0 Å². The van der Waals surface area contributed by atoms with Crippen LogP contribution < -0.4 is 0 Å². The van der Waals surface area contributed by atoms with Gasteiger partial charge in [-0.1, -0.05) is 32.2 Å². The highest BCUT2D eigenvalue weighted by Gasteiger charge is 1.75. The number of hydrogen-bond acceptors (Lipinski definition) is 0. The summed E-state index contributed by atoms with van der Waals surface area (Å²) in [6.07, 6.45) is 3.88. The van der Waals surface area contributed by atoms with Gasteiger partial charge in [-0.05, 0) is 0 Å². The summed E-state index contributed by atoms with van der Waals surface area (Å²) in [7, 11) is 1.38. The lowest BCUT2D eigenvalue weighted by molar-refractivity contribution is 0.812. The molecule has 0 fully saturated rings. The van der Waals surface area contributed by atoms with Crippen molar-refractivity contribution in [3.8, 4) is 0 Å².